The lowest BCUT2D eigenvalue weighted by Gasteiger charge is -2.11. The highest BCUT2D eigenvalue weighted by Crippen LogP contribution is 2.38. The van der Waals surface area contributed by atoms with E-state index in [1.165, 1.54) is 24.3 Å². The van der Waals surface area contributed by atoms with E-state index in [2.05, 4.69) is 10.5 Å². The Morgan fingerprint density at radius 1 is 0.857 bits per heavy atom. The van der Waals surface area contributed by atoms with E-state index in [4.69, 9.17) is 0 Å². The second-order valence-electron chi connectivity index (χ2n) is 6.64. The Hall–Kier alpha value is -3.15. The summed E-state index contributed by atoms with van der Waals surface area (Å²) in [4.78, 5) is 0. The van der Waals surface area contributed by atoms with Crippen molar-refractivity contribution >= 4 is 11.4 Å². The molecule has 0 aliphatic heterocycles. The topological polar surface area (TPSA) is 24.4 Å². The lowest BCUT2D eigenvalue weighted by atomic mass is 9.93. The maximum Gasteiger partial charge on any atom is 0.416 e. The molecule has 1 atom stereocenters. The zero-order chi connectivity index (χ0) is 19.7. The largest absolute Gasteiger partial charge is 0.416 e. The first kappa shape index (κ1) is 18.2. The van der Waals surface area contributed by atoms with Gasteiger partial charge in [-0.3, -0.25) is 5.43 Å². The van der Waals surface area contributed by atoms with Crippen LogP contribution in [0.25, 0.3) is 0 Å². The van der Waals surface area contributed by atoms with E-state index in [1.807, 2.05) is 24.3 Å². The van der Waals surface area contributed by atoms with E-state index in [1.54, 1.807) is 12.1 Å². The Balaban J connectivity index is 1.59. The molecule has 0 aromatic heterocycles. The van der Waals surface area contributed by atoms with E-state index >= 15 is 0 Å². The molecule has 0 amide bonds. The lowest BCUT2D eigenvalue weighted by Crippen LogP contribution is -2.05. The van der Waals surface area contributed by atoms with Crippen molar-refractivity contribution in [3.05, 3.63) is 101 Å². The van der Waals surface area contributed by atoms with Crippen molar-refractivity contribution in [2.45, 2.75) is 18.5 Å². The van der Waals surface area contributed by atoms with Crippen molar-refractivity contribution in [3.63, 3.8) is 0 Å². The molecule has 0 heterocycles. The van der Waals surface area contributed by atoms with Crippen LogP contribution in [0.2, 0.25) is 0 Å². The molecule has 0 saturated carbocycles. The molecular weight excluding hydrogens is 368 g/mol. The fourth-order valence-electron chi connectivity index (χ4n) is 3.44. The van der Waals surface area contributed by atoms with Gasteiger partial charge in [0, 0.05) is 17.9 Å². The van der Waals surface area contributed by atoms with Crippen LogP contribution >= 0.6 is 0 Å². The van der Waals surface area contributed by atoms with Gasteiger partial charge in [-0.25, -0.2) is 4.39 Å². The third kappa shape index (κ3) is 3.63. The number of hydrazone groups is 1. The highest BCUT2D eigenvalue weighted by atomic mass is 19.4. The van der Waals surface area contributed by atoms with Crippen LogP contribution in [0.1, 0.15) is 34.6 Å². The van der Waals surface area contributed by atoms with Gasteiger partial charge in [-0.15, -0.1) is 0 Å². The van der Waals surface area contributed by atoms with Crippen LogP contribution in [-0.4, -0.2) is 5.71 Å². The fraction of sp³-hybridized carbons (Fsp3) is 0.136. The first-order valence-corrected chi connectivity index (χ1v) is 8.76. The number of anilines is 1. The van der Waals surface area contributed by atoms with Gasteiger partial charge >= 0.3 is 6.18 Å². The van der Waals surface area contributed by atoms with E-state index in [9.17, 15) is 17.6 Å². The van der Waals surface area contributed by atoms with E-state index in [0.717, 1.165) is 34.5 Å². The van der Waals surface area contributed by atoms with Crippen LogP contribution in [0.4, 0.5) is 23.2 Å². The minimum atomic E-state index is -4.36. The molecule has 0 saturated heterocycles. The van der Waals surface area contributed by atoms with Crippen molar-refractivity contribution in [2.24, 2.45) is 5.10 Å². The maximum atomic E-state index is 13.3. The summed E-state index contributed by atoms with van der Waals surface area (Å²) in [5.41, 5.74) is 6.51. The summed E-state index contributed by atoms with van der Waals surface area (Å²) in [6.45, 7) is 0. The van der Waals surface area contributed by atoms with Gasteiger partial charge in [-0.2, -0.15) is 18.3 Å². The van der Waals surface area contributed by atoms with Crippen LogP contribution in [-0.2, 0) is 6.18 Å². The number of nitrogens with one attached hydrogen (secondary N) is 1. The van der Waals surface area contributed by atoms with E-state index < -0.39 is 11.7 Å². The third-order valence-corrected chi connectivity index (χ3v) is 4.85. The Bertz CT molecular complexity index is 1010. The van der Waals surface area contributed by atoms with Crippen LogP contribution in [0.5, 0.6) is 0 Å². The van der Waals surface area contributed by atoms with E-state index in [-0.39, 0.29) is 11.7 Å². The van der Waals surface area contributed by atoms with Crippen LogP contribution in [0, 0.1) is 5.82 Å². The number of alkyl halides is 3. The Kier molecular flexibility index (Phi) is 4.63. The number of hydrogen-bond donors (Lipinski definition) is 1. The van der Waals surface area contributed by atoms with Gasteiger partial charge in [-0.1, -0.05) is 36.4 Å². The van der Waals surface area contributed by atoms with Gasteiger partial charge in [0.2, 0.25) is 0 Å². The summed E-state index contributed by atoms with van der Waals surface area (Å²) in [5, 5.41) is 4.43. The number of fused-ring (bicyclic) bond motifs is 1. The first-order valence-electron chi connectivity index (χ1n) is 8.76. The highest BCUT2D eigenvalue weighted by molar-refractivity contribution is 6.06. The highest BCUT2D eigenvalue weighted by Gasteiger charge is 2.30. The molecule has 1 aliphatic rings. The predicted octanol–water partition coefficient (Wildman–Crippen LogP) is 6.20. The van der Waals surface area contributed by atoms with Crippen molar-refractivity contribution in [3.8, 4) is 0 Å². The van der Waals surface area contributed by atoms with Crippen LogP contribution < -0.4 is 5.43 Å². The normalized spacial score (nSPS) is 17.6. The van der Waals surface area contributed by atoms with Gasteiger partial charge in [-0.05, 0) is 47.5 Å². The monoisotopic (exact) mass is 384 g/mol. The minimum Gasteiger partial charge on any atom is -0.278 e. The molecule has 0 fully saturated rings. The maximum absolute atomic E-state index is 13.3. The summed E-state index contributed by atoms with van der Waals surface area (Å²) < 4.78 is 51.3. The van der Waals surface area contributed by atoms with Crippen molar-refractivity contribution in [1.82, 2.24) is 0 Å². The van der Waals surface area contributed by atoms with Crippen molar-refractivity contribution < 1.29 is 17.6 Å². The van der Waals surface area contributed by atoms with Gasteiger partial charge in [0.1, 0.15) is 5.82 Å². The second-order valence-corrected chi connectivity index (χ2v) is 6.64. The number of rotatable bonds is 3. The average molecular weight is 384 g/mol. The van der Waals surface area contributed by atoms with Crippen molar-refractivity contribution in [2.75, 3.05) is 5.43 Å². The Morgan fingerprint density at radius 3 is 2.21 bits per heavy atom. The summed E-state index contributed by atoms with van der Waals surface area (Å²) in [6.07, 6.45) is -3.74. The molecule has 0 bridgehead atoms. The molecule has 28 heavy (non-hydrogen) atoms. The van der Waals surface area contributed by atoms with Gasteiger partial charge in [0.05, 0.1) is 17.0 Å². The molecule has 1 N–H and O–H groups in total. The lowest BCUT2D eigenvalue weighted by molar-refractivity contribution is -0.137. The van der Waals surface area contributed by atoms with Crippen molar-refractivity contribution in [1.29, 1.82) is 0 Å². The Morgan fingerprint density at radius 2 is 1.54 bits per heavy atom. The molecule has 1 unspecified atom stereocenters. The average Bonchev–Trinajstić information content (AvgIpc) is 3.05. The van der Waals surface area contributed by atoms with Gasteiger partial charge in [0.15, 0.2) is 0 Å². The SMILES string of the molecule is Fc1ccc(C2CC(=NNc3ccc(C(F)(F)F)cc3)c3ccccc32)cc1. The zero-order valence-corrected chi connectivity index (χ0v) is 14.7. The molecule has 2 nitrogen and oxygen atoms in total. The number of hydrogen-bond acceptors (Lipinski definition) is 2. The molecule has 142 valence electrons. The molecule has 4 rings (SSSR count). The van der Waals surface area contributed by atoms with Crippen LogP contribution in [0.15, 0.2) is 77.9 Å². The third-order valence-electron chi connectivity index (χ3n) is 4.85. The fourth-order valence-corrected chi connectivity index (χ4v) is 3.44. The number of halogens is 4. The predicted molar refractivity (Wildman–Crippen MR) is 101 cm³/mol. The van der Waals surface area contributed by atoms with Crippen LogP contribution in [0.3, 0.4) is 0 Å². The summed E-state index contributed by atoms with van der Waals surface area (Å²) in [5.74, 6) is -0.224. The van der Waals surface area contributed by atoms with Gasteiger partial charge < -0.3 is 0 Å². The quantitative estimate of drug-likeness (QED) is 0.422. The van der Waals surface area contributed by atoms with Gasteiger partial charge in [0.25, 0.3) is 0 Å². The molecule has 1 aliphatic carbocycles. The Labute approximate surface area is 159 Å². The molecule has 3 aromatic rings. The summed E-state index contributed by atoms with van der Waals surface area (Å²) >= 11 is 0. The second kappa shape index (κ2) is 7.11. The smallest absolute Gasteiger partial charge is 0.278 e. The molecule has 6 heteroatoms. The van der Waals surface area contributed by atoms with E-state index in [0.29, 0.717) is 12.1 Å². The first-order chi connectivity index (χ1) is 13.4. The molecule has 0 radical (unpaired) electrons. The molecule has 0 spiro atoms. The zero-order valence-electron chi connectivity index (χ0n) is 14.7. The summed E-state index contributed by atoms with van der Waals surface area (Å²) in [6, 6.07) is 19.0. The number of benzene rings is 3. The molecule has 3 aromatic carbocycles. The summed E-state index contributed by atoms with van der Waals surface area (Å²) in [7, 11) is 0. The standard InChI is InChI=1S/C22H16F4N2/c23-16-9-5-14(6-10-16)20-13-21(19-4-2-1-3-18(19)20)28-27-17-11-7-15(8-12-17)22(24,25)26/h1-12,20,27H,13H2. The number of nitrogens with zero attached hydrogens (tertiary/aromatic N) is 1. The molecular formula is C22H16F4N2. The minimum absolute atomic E-state index is 0.0601.